The summed E-state index contributed by atoms with van der Waals surface area (Å²) in [5.41, 5.74) is 2.70. The van der Waals surface area contributed by atoms with Gasteiger partial charge < -0.3 is 10.1 Å². The van der Waals surface area contributed by atoms with Crippen molar-refractivity contribution in [1.29, 1.82) is 0 Å². The summed E-state index contributed by atoms with van der Waals surface area (Å²) >= 11 is 0. The molecule has 0 aliphatic heterocycles. The Morgan fingerprint density at radius 1 is 1.48 bits per heavy atom. The van der Waals surface area contributed by atoms with Gasteiger partial charge >= 0.3 is 5.97 Å². The van der Waals surface area contributed by atoms with Crippen molar-refractivity contribution in [3.63, 3.8) is 0 Å². The van der Waals surface area contributed by atoms with Crippen LogP contribution in [-0.2, 0) is 4.79 Å². The molecule has 0 amide bonds. The molecule has 3 aromatic rings. The molecule has 3 aromatic heterocycles. The van der Waals surface area contributed by atoms with E-state index in [0.29, 0.717) is 6.42 Å². The monoisotopic (exact) mass is 284 g/mol. The Morgan fingerprint density at radius 3 is 3.10 bits per heavy atom. The van der Waals surface area contributed by atoms with E-state index in [4.69, 9.17) is 0 Å². The molecule has 0 saturated heterocycles. The number of aromatic amines is 1. The number of aliphatic carboxylic acids is 1. The van der Waals surface area contributed by atoms with Crippen LogP contribution >= 0.6 is 0 Å². The maximum Gasteiger partial charge on any atom is 0.328 e. The molecule has 3 heterocycles. The van der Waals surface area contributed by atoms with Crippen molar-refractivity contribution >= 4 is 17.0 Å². The van der Waals surface area contributed by atoms with Crippen molar-refractivity contribution in [2.45, 2.75) is 25.8 Å². The van der Waals surface area contributed by atoms with Crippen LogP contribution < -0.4 is 0 Å². The summed E-state index contributed by atoms with van der Waals surface area (Å²) in [7, 11) is 0. The van der Waals surface area contributed by atoms with Crippen molar-refractivity contribution < 1.29 is 9.90 Å². The van der Waals surface area contributed by atoms with Crippen LogP contribution in [0.15, 0.2) is 36.9 Å². The van der Waals surface area contributed by atoms with Crippen LogP contribution in [0.4, 0.5) is 0 Å². The van der Waals surface area contributed by atoms with Gasteiger partial charge in [0.15, 0.2) is 0 Å². The normalized spacial score (nSPS) is 12.6. The third-order valence-electron chi connectivity index (χ3n) is 3.54. The van der Waals surface area contributed by atoms with E-state index in [-0.39, 0.29) is 0 Å². The van der Waals surface area contributed by atoms with E-state index in [0.717, 1.165) is 28.6 Å². The van der Waals surface area contributed by atoms with Gasteiger partial charge in [-0.15, -0.1) is 0 Å². The molecule has 0 bridgehead atoms. The molecule has 0 saturated carbocycles. The van der Waals surface area contributed by atoms with Gasteiger partial charge in [-0.25, -0.2) is 9.78 Å². The summed E-state index contributed by atoms with van der Waals surface area (Å²) in [6.45, 7) is 1.96. The van der Waals surface area contributed by atoms with E-state index in [1.165, 1.54) is 4.68 Å². The van der Waals surface area contributed by atoms with Crippen LogP contribution in [0.1, 0.15) is 25.8 Å². The van der Waals surface area contributed by atoms with Gasteiger partial charge in [-0.3, -0.25) is 4.68 Å². The number of aromatic nitrogens is 4. The van der Waals surface area contributed by atoms with Crippen molar-refractivity contribution in [1.82, 2.24) is 19.7 Å². The predicted molar refractivity (Wildman–Crippen MR) is 78.9 cm³/mol. The third kappa shape index (κ3) is 2.40. The number of carboxylic acids is 1. The number of carbonyl (C=O) groups is 1. The first-order valence-corrected chi connectivity index (χ1v) is 6.90. The maximum atomic E-state index is 11.3. The number of rotatable bonds is 5. The van der Waals surface area contributed by atoms with E-state index in [2.05, 4.69) is 15.1 Å². The second-order valence-corrected chi connectivity index (χ2v) is 4.95. The largest absolute Gasteiger partial charge is 0.480 e. The van der Waals surface area contributed by atoms with Crippen LogP contribution in [-0.4, -0.2) is 30.8 Å². The quantitative estimate of drug-likeness (QED) is 0.754. The molecule has 6 nitrogen and oxygen atoms in total. The minimum atomic E-state index is -0.854. The van der Waals surface area contributed by atoms with E-state index in [9.17, 15) is 9.90 Å². The van der Waals surface area contributed by atoms with Crippen molar-refractivity contribution in [2.24, 2.45) is 0 Å². The molecule has 0 radical (unpaired) electrons. The fraction of sp³-hybridized carbons (Fsp3) is 0.267. The molecule has 3 rings (SSSR count). The Bertz CT molecular complexity index is 775. The zero-order valence-electron chi connectivity index (χ0n) is 11.7. The molecule has 0 spiro atoms. The molecule has 21 heavy (non-hydrogen) atoms. The second-order valence-electron chi connectivity index (χ2n) is 4.95. The molecular weight excluding hydrogens is 268 g/mol. The molecule has 108 valence electrons. The number of hydrogen-bond acceptors (Lipinski definition) is 3. The standard InChI is InChI=1S/C15H16N4O2/c1-2-3-13(15(20)21)19-9-10(8-18-19)11-4-6-16-14-12(11)5-7-17-14/h4-9,13H,2-3H2,1H3,(H,16,17)(H,20,21). The smallest absolute Gasteiger partial charge is 0.328 e. The van der Waals surface area contributed by atoms with Crippen molar-refractivity contribution in [3.05, 3.63) is 36.9 Å². The van der Waals surface area contributed by atoms with E-state index >= 15 is 0 Å². The number of hydrogen-bond donors (Lipinski definition) is 2. The van der Waals surface area contributed by atoms with Gasteiger partial charge in [0.25, 0.3) is 0 Å². The van der Waals surface area contributed by atoms with Crippen molar-refractivity contribution in [2.75, 3.05) is 0 Å². The number of fused-ring (bicyclic) bond motifs is 1. The summed E-state index contributed by atoms with van der Waals surface area (Å²) in [6, 6.07) is 3.25. The molecule has 2 N–H and O–H groups in total. The minimum Gasteiger partial charge on any atom is -0.480 e. The van der Waals surface area contributed by atoms with E-state index in [1.54, 1.807) is 18.6 Å². The number of nitrogens with one attached hydrogen (secondary N) is 1. The highest BCUT2D eigenvalue weighted by atomic mass is 16.4. The lowest BCUT2D eigenvalue weighted by atomic mass is 10.1. The maximum absolute atomic E-state index is 11.3. The zero-order chi connectivity index (χ0) is 14.8. The average molecular weight is 284 g/mol. The Labute approximate surface area is 121 Å². The fourth-order valence-corrected chi connectivity index (χ4v) is 2.50. The first-order valence-electron chi connectivity index (χ1n) is 6.90. The first kappa shape index (κ1) is 13.4. The van der Waals surface area contributed by atoms with Crippen LogP contribution in [0.2, 0.25) is 0 Å². The summed E-state index contributed by atoms with van der Waals surface area (Å²) in [5.74, 6) is -0.854. The molecule has 0 aliphatic rings. The van der Waals surface area contributed by atoms with Crippen molar-refractivity contribution in [3.8, 4) is 11.1 Å². The topological polar surface area (TPSA) is 83.8 Å². The Kier molecular flexibility index (Phi) is 3.43. The van der Waals surface area contributed by atoms with Gasteiger partial charge in [0.05, 0.1) is 6.20 Å². The van der Waals surface area contributed by atoms with Gasteiger partial charge in [-0.2, -0.15) is 5.10 Å². The van der Waals surface area contributed by atoms with E-state index < -0.39 is 12.0 Å². The van der Waals surface area contributed by atoms with Crippen LogP contribution in [0.25, 0.3) is 22.2 Å². The Morgan fingerprint density at radius 2 is 2.33 bits per heavy atom. The first-order chi connectivity index (χ1) is 10.2. The summed E-state index contributed by atoms with van der Waals surface area (Å²) in [4.78, 5) is 18.6. The molecule has 1 atom stereocenters. The van der Waals surface area contributed by atoms with Gasteiger partial charge in [0, 0.05) is 29.5 Å². The molecule has 1 unspecified atom stereocenters. The number of pyridine rings is 1. The zero-order valence-corrected chi connectivity index (χ0v) is 11.7. The SMILES string of the molecule is CCCC(C(=O)O)n1cc(-c2ccnc3[nH]ccc23)cn1. The highest BCUT2D eigenvalue weighted by molar-refractivity contribution is 5.92. The highest BCUT2D eigenvalue weighted by Gasteiger charge is 2.20. The minimum absolute atomic E-state index is 0.562. The molecule has 0 fully saturated rings. The molecule has 0 aliphatic carbocycles. The predicted octanol–water partition coefficient (Wildman–Crippen LogP) is 2.85. The summed E-state index contributed by atoms with van der Waals surface area (Å²) in [5, 5.41) is 14.5. The number of H-pyrrole nitrogens is 1. The lowest BCUT2D eigenvalue weighted by Gasteiger charge is -2.11. The second kappa shape index (κ2) is 5.40. The molecule has 0 aromatic carbocycles. The molecule has 6 heteroatoms. The highest BCUT2D eigenvalue weighted by Crippen LogP contribution is 2.27. The van der Waals surface area contributed by atoms with Crippen LogP contribution in [0.3, 0.4) is 0 Å². The lowest BCUT2D eigenvalue weighted by Crippen LogP contribution is -2.19. The van der Waals surface area contributed by atoms with E-state index in [1.807, 2.05) is 25.3 Å². The fourth-order valence-electron chi connectivity index (χ4n) is 2.50. The number of carboxylic acid groups (broad SMARTS) is 1. The Hall–Kier alpha value is -2.63. The average Bonchev–Trinajstić information content (AvgIpc) is 3.12. The van der Waals surface area contributed by atoms with Gasteiger partial charge in [0.1, 0.15) is 11.7 Å². The van der Waals surface area contributed by atoms with Crippen LogP contribution in [0, 0.1) is 0 Å². The molecular formula is C15H16N4O2. The number of nitrogens with zero attached hydrogens (tertiary/aromatic N) is 3. The van der Waals surface area contributed by atoms with Gasteiger partial charge in [-0.1, -0.05) is 13.3 Å². The summed E-state index contributed by atoms with van der Waals surface area (Å²) < 4.78 is 1.53. The van der Waals surface area contributed by atoms with Gasteiger partial charge in [-0.05, 0) is 24.1 Å². The Balaban J connectivity index is 2.01. The summed E-state index contributed by atoms with van der Waals surface area (Å²) in [6.07, 6.45) is 8.41. The van der Waals surface area contributed by atoms with Gasteiger partial charge in [0.2, 0.25) is 0 Å². The van der Waals surface area contributed by atoms with Crippen LogP contribution in [0.5, 0.6) is 0 Å². The third-order valence-corrected chi connectivity index (χ3v) is 3.54. The lowest BCUT2D eigenvalue weighted by molar-refractivity contribution is -0.141.